The van der Waals surface area contributed by atoms with Gasteiger partial charge in [0.05, 0.1) is 23.0 Å². The third-order valence-corrected chi connectivity index (χ3v) is 3.80. The zero-order valence-electron chi connectivity index (χ0n) is 11.0. The van der Waals surface area contributed by atoms with Crippen LogP contribution in [0.3, 0.4) is 0 Å². The van der Waals surface area contributed by atoms with Crippen LogP contribution in [-0.4, -0.2) is 37.3 Å². The third-order valence-electron chi connectivity index (χ3n) is 3.60. The second kappa shape index (κ2) is 5.66. The molecular weight excluding hydrogens is 278 g/mol. The largest absolute Gasteiger partial charge is 0.333 e. The molecule has 0 saturated carbocycles. The van der Waals surface area contributed by atoms with Crippen molar-refractivity contribution in [1.29, 1.82) is 0 Å². The first-order valence-electron chi connectivity index (χ1n) is 6.71. The number of piperidine rings is 1. The summed E-state index contributed by atoms with van der Waals surface area (Å²) in [6.45, 7) is 0.995. The lowest BCUT2D eigenvalue weighted by atomic mass is 9.99. The Kier molecular flexibility index (Phi) is 3.73. The molecule has 2 aromatic rings. The zero-order chi connectivity index (χ0) is 13.9. The Morgan fingerprint density at radius 1 is 1.50 bits per heavy atom. The normalized spacial score (nSPS) is 19.2. The van der Waals surface area contributed by atoms with Gasteiger partial charge in [0.25, 0.3) is 0 Å². The van der Waals surface area contributed by atoms with Gasteiger partial charge in [0, 0.05) is 18.9 Å². The lowest BCUT2D eigenvalue weighted by Crippen LogP contribution is -2.40. The summed E-state index contributed by atoms with van der Waals surface area (Å²) in [6.07, 6.45) is 8.05. The molecular formula is C13H16ClN5O. The molecule has 1 atom stereocenters. The predicted octanol–water partition coefficient (Wildman–Crippen LogP) is 2.01. The van der Waals surface area contributed by atoms with E-state index < -0.39 is 0 Å². The Bertz CT molecular complexity index is 579. The van der Waals surface area contributed by atoms with Crippen molar-refractivity contribution in [3.8, 4) is 0 Å². The maximum Gasteiger partial charge on any atom is 0.244 e. The van der Waals surface area contributed by atoms with Crippen LogP contribution in [0.4, 0.5) is 0 Å². The van der Waals surface area contributed by atoms with Crippen molar-refractivity contribution in [2.45, 2.75) is 31.8 Å². The van der Waals surface area contributed by atoms with Gasteiger partial charge < -0.3 is 4.90 Å². The highest BCUT2D eigenvalue weighted by Gasteiger charge is 2.28. The first-order chi connectivity index (χ1) is 9.74. The quantitative estimate of drug-likeness (QED) is 0.941. The summed E-state index contributed by atoms with van der Waals surface area (Å²) in [5, 5.41) is 11.6. The van der Waals surface area contributed by atoms with E-state index in [4.69, 9.17) is 11.6 Å². The van der Waals surface area contributed by atoms with Crippen LogP contribution in [0.2, 0.25) is 5.02 Å². The van der Waals surface area contributed by atoms with Gasteiger partial charge in [0.2, 0.25) is 5.91 Å². The highest BCUT2D eigenvalue weighted by molar-refractivity contribution is 6.30. The summed E-state index contributed by atoms with van der Waals surface area (Å²) in [7, 11) is 0. The van der Waals surface area contributed by atoms with Crippen LogP contribution in [0.1, 0.15) is 31.0 Å². The van der Waals surface area contributed by atoms with Crippen LogP contribution < -0.4 is 0 Å². The molecule has 1 aliphatic rings. The monoisotopic (exact) mass is 293 g/mol. The van der Waals surface area contributed by atoms with Gasteiger partial charge in [0.15, 0.2) is 0 Å². The van der Waals surface area contributed by atoms with Gasteiger partial charge in [-0.3, -0.25) is 14.6 Å². The van der Waals surface area contributed by atoms with Crippen molar-refractivity contribution in [1.82, 2.24) is 24.9 Å². The number of carbonyl (C=O) groups excluding carboxylic acids is 1. The van der Waals surface area contributed by atoms with Crippen LogP contribution in [0.5, 0.6) is 0 Å². The smallest absolute Gasteiger partial charge is 0.244 e. The van der Waals surface area contributed by atoms with Crippen LogP contribution in [-0.2, 0) is 11.3 Å². The number of nitrogens with zero attached hydrogens (tertiary/aromatic N) is 4. The first-order valence-corrected chi connectivity index (χ1v) is 7.08. The molecule has 1 fully saturated rings. The molecule has 0 radical (unpaired) electrons. The highest BCUT2D eigenvalue weighted by atomic mass is 35.5. The third kappa shape index (κ3) is 2.70. The minimum absolute atomic E-state index is 0.0593. The molecule has 1 aliphatic heterocycles. The number of hydrogen-bond donors (Lipinski definition) is 1. The number of carbonyl (C=O) groups is 1. The van der Waals surface area contributed by atoms with Gasteiger partial charge in [-0.05, 0) is 25.3 Å². The number of rotatable bonds is 3. The van der Waals surface area contributed by atoms with E-state index >= 15 is 0 Å². The van der Waals surface area contributed by atoms with Crippen molar-refractivity contribution >= 4 is 17.5 Å². The minimum Gasteiger partial charge on any atom is -0.333 e. The van der Waals surface area contributed by atoms with E-state index in [9.17, 15) is 4.79 Å². The summed E-state index contributed by atoms with van der Waals surface area (Å²) >= 11 is 5.82. The fourth-order valence-electron chi connectivity index (χ4n) is 2.66. The van der Waals surface area contributed by atoms with Crippen LogP contribution in [0, 0.1) is 0 Å². The van der Waals surface area contributed by atoms with Gasteiger partial charge >= 0.3 is 0 Å². The molecule has 3 rings (SSSR count). The molecule has 0 aromatic carbocycles. The lowest BCUT2D eigenvalue weighted by molar-refractivity contribution is -0.136. The van der Waals surface area contributed by atoms with Gasteiger partial charge in [-0.2, -0.15) is 10.2 Å². The van der Waals surface area contributed by atoms with Crippen LogP contribution >= 0.6 is 11.6 Å². The fourth-order valence-corrected chi connectivity index (χ4v) is 2.82. The summed E-state index contributed by atoms with van der Waals surface area (Å²) in [6, 6.07) is 2.02. The number of halogens is 1. The molecule has 0 spiro atoms. The summed E-state index contributed by atoms with van der Waals surface area (Å²) < 4.78 is 1.57. The molecule has 1 saturated heterocycles. The number of amides is 1. The lowest BCUT2D eigenvalue weighted by Gasteiger charge is -2.35. The standard InChI is InChI=1S/C13H16ClN5O/c14-10-7-16-18(8-10)9-13(20)19-6-2-1-3-12(19)11-4-5-15-17-11/h4-5,7-8,12H,1-3,6,9H2,(H,15,17). The van der Waals surface area contributed by atoms with Gasteiger partial charge in [0.1, 0.15) is 6.54 Å². The molecule has 0 bridgehead atoms. The van der Waals surface area contributed by atoms with E-state index in [0.29, 0.717) is 5.02 Å². The number of H-pyrrole nitrogens is 1. The van der Waals surface area contributed by atoms with Gasteiger partial charge in [-0.25, -0.2) is 0 Å². The maximum atomic E-state index is 12.5. The summed E-state index contributed by atoms with van der Waals surface area (Å²) in [5.74, 6) is 0.0593. The van der Waals surface area contributed by atoms with E-state index in [1.807, 2.05) is 11.0 Å². The van der Waals surface area contributed by atoms with E-state index in [0.717, 1.165) is 31.5 Å². The number of aromatic amines is 1. The Labute approximate surface area is 121 Å². The number of likely N-dealkylation sites (tertiary alicyclic amines) is 1. The van der Waals surface area contributed by atoms with E-state index in [1.54, 1.807) is 17.1 Å². The van der Waals surface area contributed by atoms with Crippen molar-refractivity contribution in [2.75, 3.05) is 6.54 Å². The van der Waals surface area contributed by atoms with Crippen molar-refractivity contribution < 1.29 is 4.79 Å². The SMILES string of the molecule is O=C(Cn1cc(Cl)cn1)N1CCCCC1c1ccn[nH]1. The zero-order valence-corrected chi connectivity index (χ0v) is 11.8. The number of aromatic nitrogens is 4. The van der Waals surface area contributed by atoms with Crippen molar-refractivity contribution in [3.05, 3.63) is 35.4 Å². The molecule has 2 aromatic heterocycles. The molecule has 20 heavy (non-hydrogen) atoms. The maximum absolute atomic E-state index is 12.5. The van der Waals surface area contributed by atoms with E-state index in [1.165, 1.54) is 6.20 Å². The molecule has 1 unspecified atom stereocenters. The molecule has 1 N–H and O–H groups in total. The first kappa shape index (κ1) is 13.2. The molecule has 3 heterocycles. The molecule has 7 heteroatoms. The van der Waals surface area contributed by atoms with E-state index in [-0.39, 0.29) is 18.5 Å². The molecule has 0 aliphatic carbocycles. The topological polar surface area (TPSA) is 66.8 Å². The fraction of sp³-hybridized carbons (Fsp3) is 0.462. The molecule has 6 nitrogen and oxygen atoms in total. The van der Waals surface area contributed by atoms with E-state index in [2.05, 4.69) is 15.3 Å². The van der Waals surface area contributed by atoms with Gasteiger partial charge in [-0.15, -0.1) is 0 Å². The Morgan fingerprint density at radius 2 is 2.40 bits per heavy atom. The second-order valence-corrected chi connectivity index (χ2v) is 5.40. The Morgan fingerprint density at radius 3 is 3.10 bits per heavy atom. The van der Waals surface area contributed by atoms with Crippen molar-refractivity contribution in [2.24, 2.45) is 0 Å². The minimum atomic E-state index is 0.0593. The van der Waals surface area contributed by atoms with Gasteiger partial charge in [-0.1, -0.05) is 11.6 Å². The predicted molar refractivity (Wildman–Crippen MR) is 74.1 cm³/mol. The molecule has 106 valence electrons. The van der Waals surface area contributed by atoms with Crippen molar-refractivity contribution in [3.63, 3.8) is 0 Å². The van der Waals surface area contributed by atoms with Crippen LogP contribution in [0.15, 0.2) is 24.7 Å². The molecule has 1 amide bonds. The van der Waals surface area contributed by atoms with Crippen LogP contribution in [0.25, 0.3) is 0 Å². The average Bonchev–Trinajstić information content (AvgIpc) is 3.10. The second-order valence-electron chi connectivity index (χ2n) is 4.97. The number of nitrogens with one attached hydrogen (secondary N) is 1. The highest BCUT2D eigenvalue weighted by Crippen LogP contribution is 2.29. The number of hydrogen-bond acceptors (Lipinski definition) is 3. The Hall–Kier alpha value is -1.82. The summed E-state index contributed by atoms with van der Waals surface area (Å²) in [5.41, 5.74) is 0.997. The summed E-state index contributed by atoms with van der Waals surface area (Å²) in [4.78, 5) is 14.4. The Balaban J connectivity index is 1.74. The average molecular weight is 294 g/mol.